The van der Waals surface area contributed by atoms with Crippen LogP contribution >= 0.6 is 0 Å². The number of alkyl carbamates (subject to hydrolysis) is 1. The minimum absolute atomic E-state index is 0.0458. The lowest BCUT2D eigenvalue weighted by atomic mass is 9.92. The number of nitro groups is 1. The molecule has 0 heterocycles. The monoisotopic (exact) mass is 318 g/mol. The van der Waals surface area contributed by atoms with Gasteiger partial charge in [-0.15, -0.1) is 0 Å². The molecular weight excluding hydrogens is 299 g/mol. The summed E-state index contributed by atoms with van der Waals surface area (Å²) < 4.78 is 5.12. The molecule has 1 rings (SSSR count). The zero-order valence-corrected chi connectivity index (χ0v) is 13.4. The van der Waals surface area contributed by atoms with E-state index in [1.165, 1.54) is 24.3 Å². The molecule has 0 saturated heterocycles. The molecule has 7 nitrogen and oxygen atoms in total. The molecule has 1 aromatic carbocycles. The molecule has 0 fully saturated rings. The summed E-state index contributed by atoms with van der Waals surface area (Å²) in [4.78, 5) is 33.8. The lowest BCUT2D eigenvalue weighted by Crippen LogP contribution is -2.44. The summed E-state index contributed by atoms with van der Waals surface area (Å²) >= 11 is 0. The number of benzene rings is 1. The van der Waals surface area contributed by atoms with Crippen LogP contribution in [0.2, 0.25) is 6.32 Å². The van der Waals surface area contributed by atoms with Gasteiger partial charge in [-0.1, -0.05) is 12.1 Å². The first-order valence-corrected chi connectivity index (χ1v) is 7.08. The molecule has 122 valence electrons. The van der Waals surface area contributed by atoms with Crippen LogP contribution in [-0.2, 0) is 16.0 Å². The Hall–Kier alpha value is -2.38. The molecular formula is C15H19BN2O5. The van der Waals surface area contributed by atoms with Crippen molar-refractivity contribution in [3.8, 4) is 0 Å². The van der Waals surface area contributed by atoms with Gasteiger partial charge in [-0.05, 0) is 39.1 Å². The van der Waals surface area contributed by atoms with Gasteiger partial charge in [0.2, 0.25) is 0 Å². The fourth-order valence-electron chi connectivity index (χ4n) is 1.83. The van der Waals surface area contributed by atoms with Crippen LogP contribution < -0.4 is 5.32 Å². The second-order valence-corrected chi connectivity index (χ2v) is 6.00. The highest BCUT2D eigenvalue weighted by atomic mass is 16.6. The van der Waals surface area contributed by atoms with Gasteiger partial charge in [-0.3, -0.25) is 14.9 Å². The molecule has 0 aliphatic rings. The summed E-state index contributed by atoms with van der Waals surface area (Å²) in [6, 6.07) is 4.90. The molecule has 23 heavy (non-hydrogen) atoms. The molecule has 1 amide bonds. The zero-order chi connectivity index (χ0) is 17.6. The van der Waals surface area contributed by atoms with Gasteiger partial charge in [-0.25, -0.2) is 4.79 Å². The summed E-state index contributed by atoms with van der Waals surface area (Å²) in [5.74, 6) is -0.353. The second-order valence-electron chi connectivity index (χ2n) is 6.00. The number of nitro benzene ring substituents is 1. The Labute approximate surface area is 136 Å². The van der Waals surface area contributed by atoms with E-state index in [9.17, 15) is 19.7 Å². The van der Waals surface area contributed by atoms with Crippen LogP contribution in [0.1, 0.15) is 26.3 Å². The van der Waals surface area contributed by atoms with Crippen molar-refractivity contribution in [3.05, 3.63) is 39.9 Å². The van der Waals surface area contributed by atoms with Crippen molar-refractivity contribution in [3.63, 3.8) is 0 Å². The number of non-ortho nitro benzene ring substituents is 1. The van der Waals surface area contributed by atoms with E-state index < -0.39 is 22.7 Å². The highest BCUT2D eigenvalue weighted by Gasteiger charge is 2.23. The quantitative estimate of drug-likeness (QED) is 0.492. The minimum Gasteiger partial charge on any atom is -0.444 e. The van der Waals surface area contributed by atoms with E-state index in [0.717, 1.165) is 0 Å². The number of ether oxygens (including phenoxy) is 1. The Morgan fingerprint density at radius 1 is 1.30 bits per heavy atom. The Morgan fingerprint density at radius 2 is 1.87 bits per heavy atom. The molecule has 0 aromatic heterocycles. The maximum absolute atomic E-state index is 11.9. The number of amides is 1. The van der Waals surface area contributed by atoms with E-state index in [0.29, 0.717) is 5.56 Å². The molecule has 1 atom stereocenters. The molecule has 8 heteroatoms. The van der Waals surface area contributed by atoms with Gasteiger partial charge in [0.25, 0.3) is 5.69 Å². The maximum Gasteiger partial charge on any atom is 0.408 e. The van der Waals surface area contributed by atoms with E-state index >= 15 is 0 Å². The molecule has 0 aliphatic carbocycles. The minimum atomic E-state index is -0.851. The van der Waals surface area contributed by atoms with Gasteiger partial charge in [-0.2, -0.15) is 0 Å². The van der Waals surface area contributed by atoms with Gasteiger partial charge in [0, 0.05) is 12.1 Å². The fraction of sp³-hybridized carbons (Fsp3) is 0.467. The molecule has 2 radical (unpaired) electrons. The largest absolute Gasteiger partial charge is 0.444 e. The van der Waals surface area contributed by atoms with Crippen molar-refractivity contribution in [1.82, 2.24) is 5.32 Å². The Kier molecular flexibility index (Phi) is 6.30. The predicted octanol–water partition coefficient (Wildman–Crippen LogP) is 2.19. The highest BCUT2D eigenvalue weighted by Crippen LogP contribution is 2.14. The van der Waals surface area contributed by atoms with E-state index in [1.54, 1.807) is 20.8 Å². The van der Waals surface area contributed by atoms with Crippen LogP contribution in [-0.4, -0.2) is 36.3 Å². The Balaban J connectivity index is 2.80. The van der Waals surface area contributed by atoms with Gasteiger partial charge >= 0.3 is 6.09 Å². The van der Waals surface area contributed by atoms with Crippen LogP contribution in [0.5, 0.6) is 0 Å². The first-order valence-electron chi connectivity index (χ1n) is 7.08. The first-order chi connectivity index (χ1) is 10.6. The van der Waals surface area contributed by atoms with E-state index in [1.807, 2.05) is 0 Å². The number of ketones is 1. The molecule has 0 bridgehead atoms. The molecule has 0 aliphatic heterocycles. The number of Topliss-reactive ketones (excluding diaryl/α,β-unsaturated/α-hetero) is 1. The molecule has 0 unspecified atom stereocenters. The average molecular weight is 318 g/mol. The van der Waals surface area contributed by atoms with E-state index in [-0.39, 0.29) is 24.2 Å². The van der Waals surface area contributed by atoms with Crippen LogP contribution in [0.15, 0.2) is 24.3 Å². The third-order valence-electron chi connectivity index (χ3n) is 2.87. The van der Waals surface area contributed by atoms with Crippen LogP contribution in [0.4, 0.5) is 10.5 Å². The smallest absolute Gasteiger partial charge is 0.408 e. The van der Waals surface area contributed by atoms with Gasteiger partial charge < -0.3 is 10.1 Å². The number of hydrogen-bond acceptors (Lipinski definition) is 5. The van der Waals surface area contributed by atoms with Crippen LogP contribution in [0.3, 0.4) is 0 Å². The van der Waals surface area contributed by atoms with Gasteiger partial charge in [0.05, 0.1) is 18.8 Å². The van der Waals surface area contributed by atoms with Crippen molar-refractivity contribution in [2.45, 2.75) is 45.2 Å². The first kappa shape index (κ1) is 18.7. The number of carbonyl (C=O) groups excluding carboxylic acids is 2. The third-order valence-corrected chi connectivity index (χ3v) is 2.87. The summed E-state index contributed by atoms with van der Waals surface area (Å²) in [5.41, 5.74) is -0.0673. The van der Waals surface area contributed by atoms with Crippen molar-refractivity contribution < 1.29 is 19.2 Å². The number of nitrogens with one attached hydrogen (secondary N) is 1. The number of carbonyl (C=O) groups is 2. The molecule has 1 N–H and O–H groups in total. The Morgan fingerprint density at radius 3 is 2.30 bits per heavy atom. The second kappa shape index (κ2) is 7.76. The summed E-state index contributed by atoms with van der Waals surface area (Å²) in [6.45, 7) is 5.13. The molecule has 1 aromatic rings. The van der Waals surface area contributed by atoms with Gasteiger partial charge in [0.1, 0.15) is 11.4 Å². The highest BCUT2D eigenvalue weighted by molar-refractivity contribution is 6.21. The maximum atomic E-state index is 11.9. The fourth-order valence-corrected chi connectivity index (χ4v) is 1.83. The zero-order valence-electron chi connectivity index (χ0n) is 13.4. The SMILES string of the molecule is [B]CC(=O)[C@H](Cc1ccc([N+](=O)[O-])cc1)NC(=O)OC(C)(C)C. The van der Waals surface area contributed by atoms with Gasteiger partial charge in [0.15, 0.2) is 0 Å². The van der Waals surface area contributed by atoms with Crippen LogP contribution in [0.25, 0.3) is 0 Å². The lowest BCUT2D eigenvalue weighted by molar-refractivity contribution is -0.384. The molecule has 0 spiro atoms. The lowest BCUT2D eigenvalue weighted by Gasteiger charge is -2.23. The normalized spacial score (nSPS) is 12.3. The summed E-state index contributed by atoms with van der Waals surface area (Å²) in [6.07, 6.45) is -0.771. The third kappa shape index (κ3) is 6.50. The van der Waals surface area contributed by atoms with Crippen LogP contribution in [0, 0.1) is 10.1 Å². The standard InChI is InChI=1S/C15H19BN2O5/c1-15(2,3)23-14(20)17-12(13(19)9-16)8-10-4-6-11(7-5-10)18(21)22/h4-7,12H,8-9H2,1-3H3,(H,17,20)/t12-/m0/s1. The molecule has 0 saturated carbocycles. The number of hydrogen-bond donors (Lipinski definition) is 1. The summed E-state index contributed by atoms with van der Waals surface area (Å²) in [7, 11) is 5.36. The Bertz CT molecular complexity index is 581. The van der Waals surface area contributed by atoms with E-state index in [2.05, 4.69) is 5.32 Å². The van der Waals surface area contributed by atoms with Crippen molar-refractivity contribution in [2.24, 2.45) is 0 Å². The topological polar surface area (TPSA) is 98.5 Å². The van der Waals surface area contributed by atoms with Crippen molar-refractivity contribution in [2.75, 3.05) is 0 Å². The van der Waals surface area contributed by atoms with Crippen molar-refractivity contribution >= 4 is 25.4 Å². The summed E-state index contributed by atoms with van der Waals surface area (Å²) in [5, 5.41) is 13.1. The van der Waals surface area contributed by atoms with E-state index in [4.69, 9.17) is 12.6 Å². The number of nitrogens with zero attached hydrogens (tertiary/aromatic N) is 1. The predicted molar refractivity (Wildman–Crippen MR) is 85.5 cm³/mol. The average Bonchev–Trinajstić information content (AvgIpc) is 2.44. The van der Waals surface area contributed by atoms with Crippen molar-refractivity contribution in [1.29, 1.82) is 0 Å². The number of rotatable bonds is 6.